The number of para-hydroxylation sites is 1. The van der Waals surface area contributed by atoms with Crippen LogP contribution in [0.2, 0.25) is 0 Å². The first-order valence-corrected chi connectivity index (χ1v) is 12.3. The van der Waals surface area contributed by atoms with Gasteiger partial charge in [-0.15, -0.1) is 0 Å². The summed E-state index contributed by atoms with van der Waals surface area (Å²) in [7, 11) is -7.85. The van der Waals surface area contributed by atoms with Gasteiger partial charge in [-0.1, -0.05) is 54.6 Å². The molecular formula is C24H16O5S2. The topological polar surface area (TPSA) is 77.5 Å². The van der Waals surface area contributed by atoms with Crippen molar-refractivity contribution in [3.63, 3.8) is 0 Å². The van der Waals surface area contributed by atoms with Gasteiger partial charge in [0, 0.05) is 11.1 Å². The van der Waals surface area contributed by atoms with Crippen LogP contribution in [-0.2, 0) is 20.0 Å². The summed E-state index contributed by atoms with van der Waals surface area (Å²) in [4.78, 5) is 0.148. The van der Waals surface area contributed by atoms with Crippen molar-refractivity contribution in [2.45, 2.75) is 14.7 Å². The quantitative estimate of drug-likeness (QED) is 0.364. The first-order valence-electron chi connectivity index (χ1n) is 9.45. The van der Waals surface area contributed by atoms with Gasteiger partial charge in [-0.05, 0) is 53.6 Å². The lowest BCUT2D eigenvalue weighted by atomic mass is 9.99. The van der Waals surface area contributed by atoms with Crippen LogP contribution in [-0.4, -0.2) is 16.8 Å². The highest BCUT2D eigenvalue weighted by molar-refractivity contribution is 7.92. The minimum atomic E-state index is -4.13. The van der Waals surface area contributed by atoms with Crippen molar-refractivity contribution in [3.05, 3.63) is 97.1 Å². The predicted octanol–water partition coefficient (Wildman–Crippen LogP) is 4.93. The molecule has 0 bridgehead atoms. The molecule has 1 aliphatic rings. The average Bonchev–Trinajstić information content (AvgIpc) is 3.01. The molecule has 0 saturated heterocycles. The first kappa shape index (κ1) is 19.5. The fraction of sp³-hybridized carbons (Fsp3) is 0. The molecule has 1 heterocycles. The summed E-state index contributed by atoms with van der Waals surface area (Å²) in [6.45, 7) is 0. The maximum absolute atomic E-state index is 13.0. The van der Waals surface area contributed by atoms with Gasteiger partial charge in [0.05, 0.1) is 9.79 Å². The van der Waals surface area contributed by atoms with Gasteiger partial charge in [-0.25, -0.2) is 8.42 Å². The van der Waals surface area contributed by atoms with E-state index >= 15 is 0 Å². The standard InChI is InChI=1S/C24H16O5S2/c25-30(26)23-13-11-18(17-7-3-1-4-8-17)15-21(23)22-16-20(12-14-24(22)30)31(27,28)29-19-9-5-2-6-10-19/h1-16H. The first-order chi connectivity index (χ1) is 14.9. The fourth-order valence-electron chi connectivity index (χ4n) is 3.66. The SMILES string of the molecule is O=S(=O)(Oc1ccccc1)c1ccc2c(c1)-c1cc(-c3ccccc3)ccc1S2(=O)=O. The van der Waals surface area contributed by atoms with Gasteiger partial charge in [0.1, 0.15) is 10.6 Å². The molecule has 0 atom stereocenters. The lowest BCUT2D eigenvalue weighted by Gasteiger charge is -2.09. The maximum Gasteiger partial charge on any atom is 0.339 e. The van der Waals surface area contributed by atoms with E-state index in [0.717, 1.165) is 11.1 Å². The van der Waals surface area contributed by atoms with Gasteiger partial charge < -0.3 is 4.18 Å². The van der Waals surface area contributed by atoms with Gasteiger partial charge >= 0.3 is 10.1 Å². The fourth-order valence-corrected chi connectivity index (χ4v) is 6.27. The summed E-state index contributed by atoms with van der Waals surface area (Å²) in [6, 6.07) is 26.8. The van der Waals surface area contributed by atoms with Gasteiger partial charge in [-0.3, -0.25) is 0 Å². The zero-order chi connectivity index (χ0) is 21.6. The van der Waals surface area contributed by atoms with E-state index in [9.17, 15) is 16.8 Å². The van der Waals surface area contributed by atoms with Gasteiger partial charge in [-0.2, -0.15) is 8.42 Å². The summed E-state index contributed by atoms with van der Waals surface area (Å²) in [5.74, 6) is 0.183. The molecule has 0 fully saturated rings. The Kier molecular flexibility index (Phi) is 4.46. The van der Waals surface area contributed by atoms with Crippen molar-refractivity contribution in [1.29, 1.82) is 0 Å². The lowest BCUT2D eigenvalue weighted by Crippen LogP contribution is -2.10. The molecule has 0 N–H and O–H groups in total. The molecular weight excluding hydrogens is 432 g/mol. The molecule has 0 aromatic heterocycles. The van der Waals surface area contributed by atoms with Gasteiger partial charge in [0.2, 0.25) is 9.84 Å². The second kappa shape index (κ2) is 7.08. The van der Waals surface area contributed by atoms with Gasteiger partial charge in [0.15, 0.2) is 0 Å². The minimum absolute atomic E-state index is 0.0892. The van der Waals surface area contributed by atoms with Crippen LogP contribution in [0.5, 0.6) is 5.75 Å². The average molecular weight is 449 g/mol. The second-order valence-electron chi connectivity index (χ2n) is 7.09. The van der Waals surface area contributed by atoms with Crippen LogP contribution in [0, 0.1) is 0 Å². The molecule has 5 nitrogen and oxygen atoms in total. The van der Waals surface area contributed by atoms with Crippen LogP contribution >= 0.6 is 0 Å². The monoisotopic (exact) mass is 448 g/mol. The molecule has 0 spiro atoms. The Bertz CT molecular complexity index is 1510. The summed E-state index contributed by atoms with van der Waals surface area (Å²) in [6.07, 6.45) is 0. The van der Waals surface area contributed by atoms with Crippen molar-refractivity contribution in [3.8, 4) is 28.0 Å². The molecule has 5 rings (SSSR count). The van der Waals surface area contributed by atoms with E-state index < -0.39 is 20.0 Å². The van der Waals surface area contributed by atoms with Crippen molar-refractivity contribution in [2.75, 3.05) is 0 Å². The molecule has 31 heavy (non-hydrogen) atoms. The molecule has 0 saturated carbocycles. The van der Waals surface area contributed by atoms with Crippen molar-refractivity contribution in [2.24, 2.45) is 0 Å². The number of benzene rings is 4. The van der Waals surface area contributed by atoms with Crippen LogP contribution in [0.15, 0.2) is 112 Å². The van der Waals surface area contributed by atoms with Crippen molar-refractivity contribution in [1.82, 2.24) is 0 Å². The Morgan fingerprint density at radius 3 is 1.87 bits per heavy atom. The van der Waals surface area contributed by atoms with Crippen LogP contribution in [0.25, 0.3) is 22.3 Å². The van der Waals surface area contributed by atoms with Crippen molar-refractivity contribution < 1.29 is 21.0 Å². The maximum atomic E-state index is 13.0. The third kappa shape index (κ3) is 3.32. The second-order valence-corrected chi connectivity index (χ2v) is 10.5. The lowest BCUT2D eigenvalue weighted by molar-refractivity contribution is 0.486. The summed E-state index contributed by atoms with van der Waals surface area (Å²) in [5.41, 5.74) is 2.61. The van der Waals surface area contributed by atoms with E-state index in [4.69, 9.17) is 4.18 Å². The summed E-state index contributed by atoms with van der Waals surface area (Å²) in [5, 5.41) is 0. The molecule has 1 aliphatic heterocycles. The van der Waals surface area contributed by atoms with Crippen LogP contribution in [0.3, 0.4) is 0 Å². The highest BCUT2D eigenvalue weighted by atomic mass is 32.2. The number of fused-ring (bicyclic) bond motifs is 3. The highest BCUT2D eigenvalue weighted by Gasteiger charge is 2.34. The third-order valence-electron chi connectivity index (χ3n) is 5.14. The number of hydrogen-bond donors (Lipinski definition) is 0. The molecule has 4 aromatic carbocycles. The summed E-state index contributed by atoms with van der Waals surface area (Å²) >= 11 is 0. The Morgan fingerprint density at radius 2 is 1.19 bits per heavy atom. The Morgan fingerprint density at radius 1 is 0.613 bits per heavy atom. The molecule has 154 valence electrons. The zero-order valence-corrected chi connectivity index (χ0v) is 17.7. The van der Waals surface area contributed by atoms with E-state index in [-0.39, 0.29) is 20.4 Å². The van der Waals surface area contributed by atoms with Crippen LogP contribution < -0.4 is 4.18 Å². The summed E-state index contributed by atoms with van der Waals surface area (Å²) < 4.78 is 56.8. The minimum Gasteiger partial charge on any atom is -0.379 e. The third-order valence-corrected chi connectivity index (χ3v) is 8.26. The molecule has 4 aromatic rings. The Labute approximate surface area is 180 Å². The Balaban J connectivity index is 1.64. The van der Waals surface area contributed by atoms with Gasteiger partial charge in [0.25, 0.3) is 0 Å². The molecule has 7 heteroatoms. The van der Waals surface area contributed by atoms with Crippen LogP contribution in [0.4, 0.5) is 0 Å². The van der Waals surface area contributed by atoms with Crippen LogP contribution in [0.1, 0.15) is 0 Å². The van der Waals surface area contributed by atoms with E-state index in [1.54, 1.807) is 36.4 Å². The predicted molar refractivity (Wildman–Crippen MR) is 117 cm³/mol. The smallest absolute Gasteiger partial charge is 0.339 e. The highest BCUT2D eigenvalue weighted by Crippen LogP contribution is 2.45. The Hall–Kier alpha value is -3.42. The van der Waals surface area contributed by atoms with E-state index in [0.29, 0.717) is 11.1 Å². The zero-order valence-electron chi connectivity index (χ0n) is 16.1. The number of rotatable bonds is 4. The largest absolute Gasteiger partial charge is 0.379 e. The molecule has 0 amide bonds. The number of sulfone groups is 1. The van der Waals surface area contributed by atoms with E-state index in [2.05, 4.69) is 0 Å². The molecule has 0 radical (unpaired) electrons. The number of hydrogen-bond acceptors (Lipinski definition) is 5. The van der Waals surface area contributed by atoms with E-state index in [1.807, 2.05) is 30.3 Å². The normalized spacial score (nSPS) is 13.9. The van der Waals surface area contributed by atoms with Crippen molar-refractivity contribution >= 4 is 20.0 Å². The molecule has 0 unspecified atom stereocenters. The van der Waals surface area contributed by atoms with E-state index in [1.165, 1.54) is 30.3 Å². The molecule has 0 aliphatic carbocycles.